The van der Waals surface area contributed by atoms with Gasteiger partial charge in [-0.05, 0) is 18.2 Å². The van der Waals surface area contributed by atoms with Crippen molar-refractivity contribution in [2.24, 2.45) is 0 Å². The quantitative estimate of drug-likeness (QED) is 0.605. The second-order valence-electron chi connectivity index (χ2n) is 2.93. The number of aliphatic hydroxyl groups excluding tert-OH is 1. The minimum absolute atomic E-state index is 0.478. The summed E-state index contributed by atoms with van der Waals surface area (Å²) in [7, 11) is 0. The number of carbonyl (C=O) groups is 2. The predicted molar refractivity (Wildman–Crippen MR) is 54.4 cm³/mol. The number of carboxylic acid groups (broad SMARTS) is 1. The molecule has 86 valence electrons. The van der Waals surface area contributed by atoms with E-state index >= 15 is 0 Å². The minimum Gasteiger partial charge on any atom is -0.480 e. The highest BCUT2D eigenvalue weighted by molar-refractivity contribution is 5.94. The molecule has 1 heterocycles. The Morgan fingerprint density at radius 1 is 1.56 bits per heavy atom. The van der Waals surface area contributed by atoms with Crippen LogP contribution in [-0.4, -0.2) is 34.7 Å². The van der Waals surface area contributed by atoms with E-state index in [1.165, 1.54) is 12.3 Å². The zero-order chi connectivity index (χ0) is 12.0. The molecule has 0 aromatic carbocycles. The predicted octanol–water partition coefficient (Wildman–Crippen LogP) is -0.146. The fourth-order valence-corrected chi connectivity index (χ4v) is 0.949. The van der Waals surface area contributed by atoms with Crippen molar-refractivity contribution in [2.75, 3.05) is 6.61 Å². The summed E-state index contributed by atoms with van der Waals surface area (Å²) < 4.78 is 4.93. The molecule has 0 saturated heterocycles. The number of aliphatic hydroxyl groups is 1. The Kier molecular flexibility index (Phi) is 4.28. The van der Waals surface area contributed by atoms with Gasteiger partial charge in [-0.2, -0.15) is 0 Å². The van der Waals surface area contributed by atoms with Crippen LogP contribution in [0.1, 0.15) is 5.76 Å². The van der Waals surface area contributed by atoms with Crippen molar-refractivity contribution in [3.63, 3.8) is 0 Å². The van der Waals surface area contributed by atoms with Gasteiger partial charge in [0.25, 0.3) is 0 Å². The Hall–Kier alpha value is -2.08. The smallest absolute Gasteiger partial charge is 0.328 e. The molecule has 0 aliphatic heterocycles. The van der Waals surface area contributed by atoms with E-state index in [1.54, 1.807) is 12.1 Å². The van der Waals surface area contributed by atoms with Crippen LogP contribution < -0.4 is 5.32 Å². The molecular formula is C10H11NO5. The summed E-state index contributed by atoms with van der Waals surface area (Å²) in [6.07, 6.45) is 3.97. The third-order valence-electron chi connectivity index (χ3n) is 1.74. The minimum atomic E-state index is -1.30. The lowest BCUT2D eigenvalue weighted by Crippen LogP contribution is -2.42. The summed E-state index contributed by atoms with van der Waals surface area (Å²) >= 11 is 0. The molecular weight excluding hydrogens is 214 g/mol. The van der Waals surface area contributed by atoms with Crippen molar-refractivity contribution in [3.05, 3.63) is 30.2 Å². The normalized spacial score (nSPS) is 12.6. The summed E-state index contributed by atoms with van der Waals surface area (Å²) in [6.45, 7) is -0.657. The van der Waals surface area contributed by atoms with Crippen molar-refractivity contribution in [3.8, 4) is 0 Å². The van der Waals surface area contributed by atoms with Gasteiger partial charge in [-0.15, -0.1) is 0 Å². The van der Waals surface area contributed by atoms with Crippen LogP contribution in [-0.2, 0) is 9.59 Å². The van der Waals surface area contributed by atoms with Gasteiger partial charge in [-0.25, -0.2) is 4.79 Å². The van der Waals surface area contributed by atoms with Gasteiger partial charge in [0.1, 0.15) is 5.76 Å². The molecule has 6 heteroatoms. The molecule has 0 bridgehead atoms. The first-order valence-electron chi connectivity index (χ1n) is 4.49. The lowest BCUT2D eigenvalue weighted by atomic mass is 10.3. The van der Waals surface area contributed by atoms with Crippen molar-refractivity contribution in [1.82, 2.24) is 5.32 Å². The van der Waals surface area contributed by atoms with E-state index in [4.69, 9.17) is 14.6 Å². The number of hydrogen-bond acceptors (Lipinski definition) is 4. The van der Waals surface area contributed by atoms with Gasteiger partial charge in [-0.1, -0.05) is 0 Å². The van der Waals surface area contributed by atoms with Crippen LogP contribution in [0.25, 0.3) is 6.08 Å². The summed E-state index contributed by atoms with van der Waals surface area (Å²) in [5.41, 5.74) is 0. The highest BCUT2D eigenvalue weighted by atomic mass is 16.4. The highest BCUT2D eigenvalue weighted by Crippen LogP contribution is 2.01. The van der Waals surface area contributed by atoms with Crippen molar-refractivity contribution in [2.45, 2.75) is 6.04 Å². The number of hydrogen-bond donors (Lipinski definition) is 3. The molecule has 1 rings (SSSR count). The molecule has 16 heavy (non-hydrogen) atoms. The molecule has 0 aliphatic rings. The fourth-order valence-electron chi connectivity index (χ4n) is 0.949. The van der Waals surface area contributed by atoms with Crippen LogP contribution in [0, 0.1) is 0 Å². The number of amides is 1. The van der Waals surface area contributed by atoms with E-state index in [0.717, 1.165) is 6.08 Å². The number of rotatable bonds is 5. The van der Waals surface area contributed by atoms with E-state index in [2.05, 4.69) is 5.32 Å². The van der Waals surface area contributed by atoms with E-state index in [0.29, 0.717) is 5.76 Å². The van der Waals surface area contributed by atoms with Crippen LogP contribution in [0.4, 0.5) is 0 Å². The van der Waals surface area contributed by atoms with Gasteiger partial charge in [0.2, 0.25) is 5.91 Å². The SMILES string of the molecule is O=C(/C=C/c1ccco1)N[C@H](CO)C(=O)O. The standard InChI is InChI=1S/C10H11NO5/c12-6-8(10(14)15)11-9(13)4-3-7-2-1-5-16-7/h1-5,8,12H,6H2,(H,11,13)(H,14,15)/b4-3+/t8-/m1/s1. The molecule has 0 spiro atoms. The van der Waals surface area contributed by atoms with E-state index < -0.39 is 24.5 Å². The molecule has 1 aromatic heterocycles. The molecule has 0 aliphatic carbocycles. The summed E-state index contributed by atoms with van der Waals surface area (Å²) in [5, 5.41) is 19.3. The van der Waals surface area contributed by atoms with Crippen molar-refractivity contribution in [1.29, 1.82) is 0 Å². The Bertz CT molecular complexity index is 382. The van der Waals surface area contributed by atoms with E-state index in [1.807, 2.05) is 0 Å². The largest absolute Gasteiger partial charge is 0.480 e. The lowest BCUT2D eigenvalue weighted by Gasteiger charge is -2.08. The number of aliphatic carboxylic acids is 1. The average molecular weight is 225 g/mol. The zero-order valence-corrected chi connectivity index (χ0v) is 8.29. The molecule has 6 nitrogen and oxygen atoms in total. The summed E-state index contributed by atoms with van der Waals surface area (Å²) in [4.78, 5) is 21.7. The topological polar surface area (TPSA) is 99.8 Å². The maximum absolute atomic E-state index is 11.2. The van der Waals surface area contributed by atoms with Gasteiger partial charge < -0.3 is 19.9 Å². The number of carbonyl (C=O) groups excluding carboxylic acids is 1. The third kappa shape index (κ3) is 3.58. The first-order chi connectivity index (χ1) is 7.63. The van der Waals surface area contributed by atoms with Gasteiger partial charge in [0, 0.05) is 6.08 Å². The monoisotopic (exact) mass is 225 g/mol. The third-order valence-corrected chi connectivity index (χ3v) is 1.74. The maximum atomic E-state index is 11.2. The first-order valence-corrected chi connectivity index (χ1v) is 4.49. The molecule has 1 atom stereocenters. The summed E-state index contributed by atoms with van der Waals surface area (Å²) in [6, 6.07) is 2.00. The molecule has 0 radical (unpaired) electrons. The summed E-state index contributed by atoms with van der Waals surface area (Å²) in [5.74, 6) is -1.42. The van der Waals surface area contributed by atoms with Gasteiger partial charge >= 0.3 is 5.97 Å². The fraction of sp³-hybridized carbons (Fsp3) is 0.200. The van der Waals surface area contributed by atoms with Gasteiger partial charge in [0.15, 0.2) is 6.04 Å². The van der Waals surface area contributed by atoms with Gasteiger partial charge in [0.05, 0.1) is 12.9 Å². The van der Waals surface area contributed by atoms with Crippen LogP contribution in [0.3, 0.4) is 0 Å². The maximum Gasteiger partial charge on any atom is 0.328 e. The second kappa shape index (κ2) is 5.72. The molecule has 3 N–H and O–H groups in total. The van der Waals surface area contributed by atoms with Crippen LogP contribution in [0.15, 0.2) is 28.9 Å². The average Bonchev–Trinajstić information content (AvgIpc) is 2.75. The Balaban J connectivity index is 2.50. The second-order valence-corrected chi connectivity index (χ2v) is 2.93. The number of nitrogens with one attached hydrogen (secondary N) is 1. The van der Waals surface area contributed by atoms with Crippen LogP contribution in [0.5, 0.6) is 0 Å². The molecule has 0 saturated carbocycles. The Morgan fingerprint density at radius 3 is 2.81 bits per heavy atom. The molecule has 1 amide bonds. The first kappa shape index (κ1) is 12.0. The Morgan fingerprint density at radius 2 is 2.31 bits per heavy atom. The molecule has 1 aromatic rings. The number of furan rings is 1. The van der Waals surface area contributed by atoms with Crippen LogP contribution in [0.2, 0.25) is 0 Å². The van der Waals surface area contributed by atoms with Gasteiger partial charge in [-0.3, -0.25) is 4.79 Å². The Labute approximate surface area is 91.2 Å². The number of carboxylic acids is 1. The molecule has 0 unspecified atom stereocenters. The highest BCUT2D eigenvalue weighted by Gasteiger charge is 2.16. The van der Waals surface area contributed by atoms with Crippen molar-refractivity contribution >= 4 is 18.0 Å². The van der Waals surface area contributed by atoms with E-state index in [-0.39, 0.29) is 0 Å². The zero-order valence-electron chi connectivity index (χ0n) is 8.29. The van der Waals surface area contributed by atoms with Crippen molar-refractivity contribution < 1.29 is 24.2 Å². The van der Waals surface area contributed by atoms with Crippen LogP contribution >= 0.6 is 0 Å². The van der Waals surface area contributed by atoms with E-state index in [9.17, 15) is 9.59 Å². The molecule has 0 fully saturated rings. The lowest BCUT2D eigenvalue weighted by molar-refractivity contribution is -0.142.